The van der Waals surface area contributed by atoms with Gasteiger partial charge in [0, 0.05) is 44.2 Å². The van der Waals surface area contributed by atoms with Crippen LogP contribution in [0.15, 0.2) is 29.2 Å². The lowest BCUT2D eigenvalue weighted by molar-refractivity contribution is -0.133. The van der Waals surface area contributed by atoms with Gasteiger partial charge in [-0.25, -0.2) is 0 Å². The molecule has 1 aromatic rings. The highest BCUT2D eigenvalue weighted by Crippen LogP contribution is 2.31. The predicted octanol–water partition coefficient (Wildman–Crippen LogP) is 2.96. The van der Waals surface area contributed by atoms with E-state index in [0.29, 0.717) is 42.0 Å². The van der Waals surface area contributed by atoms with Crippen LogP contribution in [-0.2, 0) is 9.59 Å². The molecule has 0 aliphatic carbocycles. The van der Waals surface area contributed by atoms with E-state index in [9.17, 15) is 18.4 Å². The van der Waals surface area contributed by atoms with E-state index >= 15 is 0 Å². The Morgan fingerprint density at radius 1 is 0.900 bits per heavy atom. The summed E-state index contributed by atoms with van der Waals surface area (Å²) < 4.78 is 25.4. The van der Waals surface area contributed by atoms with E-state index in [-0.39, 0.29) is 18.4 Å². The molecular formula is C21H30F2N4O2S. The van der Waals surface area contributed by atoms with Crippen molar-refractivity contribution < 1.29 is 18.4 Å². The van der Waals surface area contributed by atoms with E-state index in [1.165, 1.54) is 12.8 Å². The minimum atomic E-state index is -2.53. The predicted molar refractivity (Wildman–Crippen MR) is 115 cm³/mol. The molecule has 1 N–H and O–H groups in total. The second-order valence-electron chi connectivity index (χ2n) is 7.77. The Morgan fingerprint density at radius 3 is 2.13 bits per heavy atom. The van der Waals surface area contributed by atoms with Crippen LogP contribution in [0, 0.1) is 0 Å². The first-order chi connectivity index (χ1) is 14.5. The van der Waals surface area contributed by atoms with Crippen LogP contribution < -0.4 is 5.32 Å². The van der Waals surface area contributed by atoms with Crippen LogP contribution in [0.2, 0.25) is 0 Å². The third kappa shape index (κ3) is 7.21. The standard InChI is InChI=1S/C21H30F2N4O2S/c22-21(23)30-18-8-4-3-7-17(18)24-19(28)15-25-11-13-26(14-12-25)16-20(29)27-9-5-1-2-6-10-27/h3-4,7-8,21H,1-2,5-6,9-16H2,(H,24,28). The summed E-state index contributed by atoms with van der Waals surface area (Å²) in [5.74, 6) is -2.55. The largest absolute Gasteiger partial charge is 0.342 e. The van der Waals surface area contributed by atoms with Gasteiger partial charge in [-0.15, -0.1) is 0 Å². The summed E-state index contributed by atoms with van der Waals surface area (Å²) in [6.45, 7) is 5.27. The monoisotopic (exact) mass is 440 g/mol. The van der Waals surface area contributed by atoms with Crippen molar-refractivity contribution in [3.8, 4) is 0 Å². The number of hydrogen-bond acceptors (Lipinski definition) is 5. The van der Waals surface area contributed by atoms with E-state index in [0.717, 1.165) is 39.0 Å². The number of hydrogen-bond donors (Lipinski definition) is 1. The normalized spacial score (nSPS) is 19.0. The molecule has 2 aliphatic heterocycles. The molecular weight excluding hydrogens is 410 g/mol. The summed E-state index contributed by atoms with van der Waals surface area (Å²) in [5, 5.41) is 2.75. The SMILES string of the molecule is O=C(CN1CCN(CC(=O)N2CCCCCC2)CC1)Nc1ccccc1SC(F)F. The first-order valence-electron chi connectivity index (χ1n) is 10.6. The number of alkyl halides is 2. The van der Waals surface area contributed by atoms with Crippen LogP contribution in [0.25, 0.3) is 0 Å². The number of rotatable bonds is 7. The molecule has 2 saturated heterocycles. The fourth-order valence-corrected chi connectivity index (χ4v) is 4.47. The maximum absolute atomic E-state index is 12.7. The van der Waals surface area contributed by atoms with Gasteiger partial charge in [-0.1, -0.05) is 36.7 Å². The maximum Gasteiger partial charge on any atom is 0.288 e. The van der Waals surface area contributed by atoms with Gasteiger partial charge in [-0.3, -0.25) is 19.4 Å². The number of piperazine rings is 1. The lowest BCUT2D eigenvalue weighted by atomic mass is 10.2. The van der Waals surface area contributed by atoms with Gasteiger partial charge in [0.15, 0.2) is 0 Å². The minimum Gasteiger partial charge on any atom is -0.342 e. The fraction of sp³-hybridized carbons (Fsp3) is 0.619. The zero-order valence-corrected chi connectivity index (χ0v) is 18.0. The molecule has 1 aromatic carbocycles. The van der Waals surface area contributed by atoms with E-state index in [1.807, 2.05) is 9.80 Å². The van der Waals surface area contributed by atoms with Crippen molar-refractivity contribution in [2.24, 2.45) is 0 Å². The molecule has 2 amide bonds. The number of thioether (sulfide) groups is 1. The van der Waals surface area contributed by atoms with E-state index in [4.69, 9.17) is 0 Å². The number of benzene rings is 1. The van der Waals surface area contributed by atoms with Crippen LogP contribution in [0.1, 0.15) is 25.7 Å². The van der Waals surface area contributed by atoms with Crippen molar-refractivity contribution >= 4 is 29.3 Å². The summed E-state index contributed by atoms with van der Waals surface area (Å²) in [6.07, 6.45) is 4.59. The average molecular weight is 441 g/mol. The number of likely N-dealkylation sites (tertiary alicyclic amines) is 1. The van der Waals surface area contributed by atoms with Crippen molar-refractivity contribution in [1.82, 2.24) is 14.7 Å². The van der Waals surface area contributed by atoms with Crippen molar-refractivity contribution in [3.63, 3.8) is 0 Å². The molecule has 0 aromatic heterocycles. The molecule has 0 spiro atoms. The fourth-order valence-electron chi connectivity index (χ4n) is 3.88. The van der Waals surface area contributed by atoms with Gasteiger partial charge in [-0.05, 0) is 25.0 Å². The highest BCUT2D eigenvalue weighted by Gasteiger charge is 2.23. The summed E-state index contributed by atoms with van der Waals surface area (Å²) >= 11 is 0.428. The van der Waals surface area contributed by atoms with Crippen LogP contribution in [0.5, 0.6) is 0 Å². The molecule has 0 bridgehead atoms. The molecule has 9 heteroatoms. The summed E-state index contributed by atoms with van der Waals surface area (Å²) in [4.78, 5) is 31.5. The number of nitrogens with zero attached hydrogens (tertiary/aromatic N) is 3. The van der Waals surface area contributed by atoms with Crippen molar-refractivity contribution in [2.45, 2.75) is 36.3 Å². The van der Waals surface area contributed by atoms with Gasteiger partial charge in [0.2, 0.25) is 11.8 Å². The van der Waals surface area contributed by atoms with Gasteiger partial charge < -0.3 is 10.2 Å². The Morgan fingerprint density at radius 2 is 1.50 bits per heavy atom. The van der Waals surface area contributed by atoms with E-state index in [2.05, 4.69) is 10.2 Å². The molecule has 0 radical (unpaired) electrons. The first-order valence-corrected chi connectivity index (χ1v) is 11.5. The zero-order valence-electron chi connectivity index (χ0n) is 17.2. The smallest absolute Gasteiger partial charge is 0.288 e. The topological polar surface area (TPSA) is 55.9 Å². The molecule has 2 heterocycles. The number of halogens is 2. The molecule has 0 atom stereocenters. The summed E-state index contributed by atoms with van der Waals surface area (Å²) in [5.41, 5.74) is 0.412. The maximum atomic E-state index is 12.7. The minimum absolute atomic E-state index is 0.205. The van der Waals surface area contributed by atoms with Crippen LogP contribution >= 0.6 is 11.8 Å². The quantitative estimate of drug-likeness (QED) is 0.661. The van der Waals surface area contributed by atoms with Crippen LogP contribution in [0.4, 0.5) is 14.5 Å². The molecule has 2 aliphatic rings. The molecule has 0 saturated carbocycles. The molecule has 3 rings (SSSR count). The Labute approximate surface area is 181 Å². The molecule has 6 nitrogen and oxygen atoms in total. The Balaban J connectivity index is 1.41. The van der Waals surface area contributed by atoms with Crippen molar-refractivity contribution in [2.75, 3.05) is 57.7 Å². The molecule has 30 heavy (non-hydrogen) atoms. The summed E-state index contributed by atoms with van der Waals surface area (Å²) in [7, 11) is 0. The van der Waals surface area contributed by atoms with Gasteiger partial charge >= 0.3 is 0 Å². The number of carbonyl (C=O) groups excluding carboxylic acids is 2. The number of nitrogens with one attached hydrogen (secondary N) is 1. The highest BCUT2D eigenvalue weighted by atomic mass is 32.2. The Bertz CT molecular complexity index is 706. The third-order valence-corrected chi connectivity index (χ3v) is 6.32. The van der Waals surface area contributed by atoms with Gasteiger partial charge in [0.05, 0.1) is 18.8 Å². The molecule has 2 fully saturated rings. The van der Waals surface area contributed by atoms with Gasteiger partial charge in [0.1, 0.15) is 0 Å². The molecule has 0 unspecified atom stereocenters. The number of anilines is 1. The lowest BCUT2D eigenvalue weighted by Crippen LogP contribution is -2.51. The zero-order chi connectivity index (χ0) is 21.3. The van der Waals surface area contributed by atoms with Gasteiger partial charge in [0.25, 0.3) is 5.76 Å². The van der Waals surface area contributed by atoms with Crippen molar-refractivity contribution in [3.05, 3.63) is 24.3 Å². The molecule has 166 valence electrons. The second kappa shape index (κ2) is 11.6. The van der Waals surface area contributed by atoms with E-state index in [1.54, 1.807) is 24.3 Å². The number of carbonyl (C=O) groups is 2. The Kier molecular flexibility index (Phi) is 8.89. The lowest BCUT2D eigenvalue weighted by Gasteiger charge is -2.35. The number of para-hydroxylation sites is 1. The number of amides is 2. The second-order valence-corrected chi connectivity index (χ2v) is 8.80. The van der Waals surface area contributed by atoms with Crippen LogP contribution in [0.3, 0.4) is 0 Å². The summed E-state index contributed by atoms with van der Waals surface area (Å²) in [6, 6.07) is 6.60. The Hall–Kier alpha value is -1.71. The van der Waals surface area contributed by atoms with Crippen molar-refractivity contribution in [1.29, 1.82) is 0 Å². The average Bonchev–Trinajstić information content (AvgIpc) is 3.00. The first kappa shape index (κ1) is 23.0. The third-order valence-electron chi connectivity index (χ3n) is 5.53. The van der Waals surface area contributed by atoms with Gasteiger partial charge in [-0.2, -0.15) is 8.78 Å². The highest BCUT2D eigenvalue weighted by molar-refractivity contribution is 7.99. The van der Waals surface area contributed by atoms with Crippen LogP contribution in [-0.4, -0.2) is 84.6 Å². The van der Waals surface area contributed by atoms with E-state index < -0.39 is 5.76 Å².